The molecule has 1 N–H and O–H groups in total. The summed E-state index contributed by atoms with van der Waals surface area (Å²) in [6.07, 6.45) is 0. The van der Waals surface area contributed by atoms with E-state index in [-0.39, 0.29) is 17.4 Å². The highest BCUT2D eigenvalue weighted by Crippen LogP contribution is 2.27. The Labute approximate surface area is 168 Å². The Morgan fingerprint density at radius 3 is 2.52 bits per heavy atom. The number of halogens is 1. The lowest BCUT2D eigenvalue weighted by Gasteiger charge is -2.07. The van der Waals surface area contributed by atoms with Crippen molar-refractivity contribution in [2.45, 2.75) is 25.5 Å². The Hall–Kier alpha value is -2.39. The minimum absolute atomic E-state index is 0.0123. The molecule has 3 aromatic rings. The lowest BCUT2D eigenvalue weighted by Crippen LogP contribution is -2.14. The van der Waals surface area contributed by atoms with E-state index >= 15 is 0 Å². The maximum absolute atomic E-state index is 12.2. The molecule has 2 aromatic heterocycles. The van der Waals surface area contributed by atoms with Crippen LogP contribution in [0.1, 0.15) is 24.2 Å². The smallest absolute Gasteiger partial charge is 0.234 e. The first-order valence-corrected chi connectivity index (χ1v) is 9.98. The number of nitrogens with one attached hydrogen (secondary N) is 1. The van der Waals surface area contributed by atoms with Crippen molar-refractivity contribution in [2.24, 2.45) is 0 Å². The maximum atomic E-state index is 12.2. The van der Waals surface area contributed by atoms with Crippen LogP contribution >= 0.6 is 27.7 Å². The summed E-state index contributed by atoms with van der Waals surface area (Å²) in [7, 11) is 0. The molecule has 0 saturated heterocycles. The molecule has 9 heteroatoms. The van der Waals surface area contributed by atoms with Gasteiger partial charge in [-0.15, -0.1) is 10.2 Å². The molecule has 1 amide bonds. The van der Waals surface area contributed by atoms with Crippen LogP contribution in [0.4, 0.5) is 5.69 Å². The fourth-order valence-electron chi connectivity index (χ4n) is 2.41. The summed E-state index contributed by atoms with van der Waals surface area (Å²) < 4.78 is 8.05. The van der Waals surface area contributed by atoms with Gasteiger partial charge in [0.2, 0.25) is 11.7 Å². The second-order valence-corrected chi connectivity index (χ2v) is 7.35. The summed E-state index contributed by atoms with van der Waals surface area (Å²) in [4.78, 5) is 23.5. The molecule has 0 atom stereocenters. The fourth-order valence-corrected chi connectivity index (χ4v) is 3.52. The molecule has 0 unspecified atom stereocenters. The van der Waals surface area contributed by atoms with E-state index in [1.54, 1.807) is 30.3 Å². The van der Waals surface area contributed by atoms with Gasteiger partial charge >= 0.3 is 0 Å². The van der Waals surface area contributed by atoms with Crippen molar-refractivity contribution in [1.29, 1.82) is 0 Å². The van der Waals surface area contributed by atoms with Crippen LogP contribution < -0.4 is 5.32 Å². The number of amides is 1. The topological polar surface area (TPSA) is 90.0 Å². The molecule has 0 aliphatic heterocycles. The SMILES string of the molecule is CCn1c(SCC(=O)Nc2ccc(C(C)=O)cc2)nnc1-c1ccc(Br)o1. The summed E-state index contributed by atoms with van der Waals surface area (Å²) in [5.74, 6) is 1.24. The van der Waals surface area contributed by atoms with Gasteiger partial charge in [-0.3, -0.25) is 14.2 Å². The van der Waals surface area contributed by atoms with Crippen molar-refractivity contribution in [1.82, 2.24) is 14.8 Å². The van der Waals surface area contributed by atoms with Gasteiger partial charge in [-0.05, 0) is 66.2 Å². The van der Waals surface area contributed by atoms with Crippen molar-refractivity contribution >= 4 is 45.1 Å². The Morgan fingerprint density at radius 1 is 1.19 bits per heavy atom. The van der Waals surface area contributed by atoms with Crippen LogP contribution in [0.15, 0.2) is 50.6 Å². The van der Waals surface area contributed by atoms with Crippen LogP contribution in [0.5, 0.6) is 0 Å². The molecule has 0 spiro atoms. The number of Topliss-reactive ketones (excluding diaryl/α,β-unsaturated/α-hetero) is 1. The van der Waals surface area contributed by atoms with Crippen molar-refractivity contribution in [2.75, 3.05) is 11.1 Å². The molecule has 0 saturated carbocycles. The molecule has 0 fully saturated rings. The molecule has 140 valence electrons. The highest BCUT2D eigenvalue weighted by atomic mass is 79.9. The molecule has 0 aliphatic carbocycles. The summed E-state index contributed by atoms with van der Waals surface area (Å²) in [6, 6.07) is 10.4. The van der Waals surface area contributed by atoms with E-state index in [2.05, 4.69) is 31.4 Å². The lowest BCUT2D eigenvalue weighted by molar-refractivity contribution is -0.113. The normalized spacial score (nSPS) is 10.8. The predicted octanol–water partition coefficient (Wildman–Crippen LogP) is 4.25. The number of anilines is 1. The summed E-state index contributed by atoms with van der Waals surface area (Å²) in [6.45, 7) is 4.13. The number of rotatable bonds is 7. The quantitative estimate of drug-likeness (QED) is 0.429. The van der Waals surface area contributed by atoms with Crippen molar-refractivity contribution in [3.05, 3.63) is 46.6 Å². The number of ketones is 1. The molecular weight excluding hydrogens is 432 g/mol. The minimum atomic E-state index is -0.163. The first-order chi connectivity index (χ1) is 13.0. The molecule has 0 aliphatic rings. The van der Waals surface area contributed by atoms with Gasteiger partial charge in [-0.25, -0.2) is 0 Å². The zero-order valence-corrected chi connectivity index (χ0v) is 17.1. The van der Waals surface area contributed by atoms with E-state index < -0.39 is 0 Å². The monoisotopic (exact) mass is 448 g/mol. The highest BCUT2D eigenvalue weighted by molar-refractivity contribution is 9.10. The number of carbonyl (C=O) groups is 2. The fraction of sp³-hybridized carbons (Fsp3) is 0.222. The Bertz CT molecular complexity index is 965. The van der Waals surface area contributed by atoms with E-state index in [0.717, 1.165) is 0 Å². The van der Waals surface area contributed by atoms with Gasteiger partial charge in [0.25, 0.3) is 0 Å². The van der Waals surface area contributed by atoms with Gasteiger partial charge in [0.1, 0.15) is 0 Å². The first-order valence-electron chi connectivity index (χ1n) is 8.20. The predicted molar refractivity (Wildman–Crippen MR) is 107 cm³/mol. The van der Waals surface area contributed by atoms with E-state index in [4.69, 9.17) is 4.42 Å². The molecule has 1 aromatic carbocycles. The number of hydrogen-bond donors (Lipinski definition) is 1. The van der Waals surface area contributed by atoms with Crippen molar-refractivity contribution < 1.29 is 14.0 Å². The van der Waals surface area contributed by atoms with E-state index in [1.165, 1.54) is 18.7 Å². The van der Waals surface area contributed by atoms with Crippen LogP contribution in [0, 0.1) is 0 Å². The molecule has 27 heavy (non-hydrogen) atoms. The van der Waals surface area contributed by atoms with E-state index in [9.17, 15) is 9.59 Å². The Morgan fingerprint density at radius 2 is 1.93 bits per heavy atom. The molecular formula is C18H17BrN4O3S. The average molecular weight is 449 g/mol. The molecule has 7 nitrogen and oxygen atoms in total. The zero-order chi connectivity index (χ0) is 19.4. The number of benzene rings is 1. The third-order valence-electron chi connectivity index (χ3n) is 3.73. The summed E-state index contributed by atoms with van der Waals surface area (Å²) in [5, 5.41) is 11.8. The van der Waals surface area contributed by atoms with E-state index in [0.29, 0.717) is 39.2 Å². The molecule has 2 heterocycles. The van der Waals surface area contributed by atoms with Crippen molar-refractivity contribution in [3.63, 3.8) is 0 Å². The molecule has 0 radical (unpaired) electrons. The van der Waals surface area contributed by atoms with Gasteiger partial charge in [-0.2, -0.15) is 0 Å². The van der Waals surface area contributed by atoms with Gasteiger partial charge < -0.3 is 9.73 Å². The van der Waals surface area contributed by atoms with Crippen LogP contribution in [0.3, 0.4) is 0 Å². The summed E-state index contributed by atoms with van der Waals surface area (Å²) >= 11 is 4.57. The Balaban J connectivity index is 1.63. The second kappa shape index (κ2) is 8.53. The minimum Gasteiger partial charge on any atom is -0.446 e. The number of nitrogens with zero attached hydrogens (tertiary/aromatic N) is 3. The highest BCUT2D eigenvalue weighted by Gasteiger charge is 2.17. The number of furan rings is 1. The average Bonchev–Trinajstić information content (AvgIpc) is 3.25. The van der Waals surface area contributed by atoms with Gasteiger partial charge in [0, 0.05) is 17.8 Å². The molecule has 0 bridgehead atoms. The molecule has 3 rings (SSSR count). The largest absolute Gasteiger partial charge is 0.446 e. The maximum Gasteiger partial charge on any atom is 0.234 e. The van der Waals surface area contributed by atoms with E-state index in [1.807, 2.05) is 17.6 Å². The van der Waals surface area contributed by atoms with Crippen LogP contribution in [0.25, 0.3) is 11.6 Å². The third kappa shape index (κ3) is 4.67. The first kappa shape index (κ1) is 19.4. The third-order valence-corrected chi connectivity index (χ3v) is 5.13. The number of carbonyl (C=O) groups excluding carboxylic acids is 2. The standard InChI is InChI=1S/C18H17BrN4O3S/c1-3-23-17(14-8-9-15(19)26-14)21-22-18(23)27-10-16(25)20-13-6-4-12(5-7-13)11(2)24/h4-9H,3,10H2,1-2H3,(H,20,25). The van der Waals surface area contributed by atoms with Crippen LogP contribution in [-0.2, 0) is 11.3 Å². The van der Waals surface area contributed by atoms with Gasteiger partial charge in [-0.1, -0.05) is 11.8 Å². The Kier molecular flexibility index (Phi) is 6.12. The summed E-state index contributed by atoms with van der Waals surface area (Å²) in [5.41, 5.74) is 1.25. The lowest BCUT2D eigenvalue weighted by atomic mass is 10.1. The van der Waals surface area contributed by atoms with Crippen LogP contribution in [-0.4, -0.2) is 32.2 Å². The van der Waals surface area contributed by atoms with Gasteiger partial charge in [0.15, 0.2) is 21.4 Å². The van der Waals surface area contributed by atoms with Crippen LogP contribution in [0.2, 0.25) is 0 Å². The van der Waals surface area contributed by atoms with Gasteiger partial charge in [0.05, 0.1) is 5.75 Å². The number of hydrogen-bond acceptors (Lipinski definition) is 6. The second-order valence-electron chi connectivity index (χ2n) is 5.62. The zero-order valence-electron chi connectivity index (χ0n) is 14.7. The number of aromatic nitrogens is 3. The van der Waals surface area contributed by atoms with Crippen molar-refractivity contribution in [3.8, 4) is 11.6 Å². The number of thioether (sulfide) groups is 1.